The Labute approximate surface area is 110 Å². The van der Waals surface area contributed by atoms with Crippen molar-refractivity contribution in [3.8, 4) is 5.88 Å². The van der Waals surface area contributed by atoms with Gasteiger partial charge in [-0.2, -0.15) is 0 Å². The van der Waals surface area contributed by atoms with Crippen LogP contribution in [0.4, 0.5) is 0 Å². The Morgan fingerprint density at radius 3 is 2.64 bits per heavy atom. The van der Waals surface area contributed by atoms with E-state index in [2.05, 4.69) is 11.3 Å². The van der Waals surface area contributed by atoms with Gasteiger partial charge in [-0.3, -0.25) is 0 Å². The van der Waals surface area contributed by atoms with Crippen molar-refractivity contribution in [2.75, 3.05) is 6.61 Å². The van der Waals surface area contributed by atoms with Crippen LogP contribution in [0.3, 0.4) is 0 Å². The molecule has 4 heteroatoms. The molecule has 11 heavy (non-hydrogen) atoms. The van der Waals surface area contributed by atoms with Gasteiger partial charge in [0.25, 0.3) is 0 Å². The molecule has 0 radical (unpaired) electrons. The van der Waals surface area contributed by atoms with Gasteiger partial charge in [-0.15, -0.1) is 11.8 Å². The number of aromatic nitrogens is 2. The standard InChI is InChI=1S/C7H11N2O.K/c1-4-10-7-6(2)5-8-9(7)3;/h4H2,1-3H3;/q-1;+1. The van der Waals surface area contributed by atoms with Crippen LogP contribution in [0.15, 0.2) is 0 Å². The summed E-state index contributed by atoms with van der Waals surface area (Å²) in [7, 11) is 1.84. The zero-order valence-electron chi connectivity index (χ0n) is 7.51. The second kappa shape index (κ2) is 5.32. The van der Waals surface area contributed by atoms with Crippen LogP contribution in [0.2, 0.25) is 0 Å². The summed E-state index contributed by atoms with van der Waals surface area (Å²) in [6.07, 6.45) is 2.81. The molecule has 0 N–H and O–H groups in total. The maximum Gasteiger partial charge on any atom is 1.00 e. The molecule has 0 fully saturated rings. The van der Waals surface area contributed by atoms with Gasteiger partial charge in [-0.25, -0.2) is 0 Å². The van der Waals surface area contributed by atoms with Crippen LogP contribution in [0, 0.1) is 13.1 Å². The van der Waals surface area contributed by atoms with E-state index in [0.717, 1.165) is 11.4 Å². The van der Waals surface area contributed by atoms with Crippen molar-refractivity contribution in [3.63, 3.8) is 0 Å². The van der Waals surface area contributed by atoms with Crippen molar-refractivity contribution in [2.24, 2.45) is 7.05 Å². The third kappa shape index (κ3) is 2.87. The molecule has 1 aromatic rings. The van der Waals surface area contributed by atoms with Crippen molar-refractivity contribution in [1.29, 1.82) is 0 Å². The fraction of sp³-hybridized carbons (Fsp3) is 0.571. The molecule has 0 spiro atoms. The first-order valence-corrected chi connectivity index (χ1v) is 3.29. The molecule has 56 valence electrons. The smallest absolute Gasteiger partial charge is 0.562 e. The summed E-state index contributed by atoms with van der Waals surface area (Å²) < 4.78 is 6.96. The van der Waals surface area contributed by atoms with Crippen LogP contribution in [0.1, 0.15) is 12.5 Å². The van der Waals surface area contributed by atoms with Crippen LogP contribution in [0.25, 0.3) is 0 Å². The summed E-state index contributed by atoms with van der Waals surface area (Å²) in [5.74, 6) is 0.808. The SMILES string of the molecule is CCOc1c(C)[c-]nn1C.[K+]. The predicted molar refractivity (Wildman–Crippen MR) is 37.9 cm³/mol. The molecule has 0 amide bonds. The normalized spacial score (nSPS) is 9.00. The fourth-order valence-corrected chi connectivity index (χ4v) is 0.824. The zero-order chi connectivity index (χ0) is 7.56. The maximum atomic E-state index is 5.28. The summed E-state index contributed by atoms with van der Waals surface area (Å²) in [6, 6.07) is 0. The van der Waals surface area contributed by atoms with Gasteiger partial charge in [-0.05, 0) is 6.92 Å². The number of hydrogen-bond acceptors (Lipinski definition) is 2. The summed E-state index contributed by atoms with van der Waals surface area (Å²) in [6.45, 7) is 4.55. The molecule has 0 bridgehead atoms. The number of rotatable bonds is 2. The van der Waals surface area contributed by atoms with E-state index in [9.17, 15) is 0 Å². The van der Waals surface area contributed by atoms with Gasteiger partial charge in [0.15, 0.2) is 0 Å². The van der Waals surface area contributed by atoms with E-state index >= 15 is 0 Å². The second-order valence-electron chi connectivity index (χ2n) is 2.10. The van der Waals surface area contributed by atoms with Gasteiger partial charge >= 0.3 is 51.4 Å². The number of nitrogens with zero attached hydrogens (tertiary/aromatic N) is 2. The van der Waals surface area contributed by atoms with Crippen LogP contribution in [0.5, 0.6) is 5.88 Å². The zero-order valence-corrected chi connectivity index (χ0v) is 10.6. The van der Waals surface area contributed by atoms with Gasteiger partial charge in [0.1, 0.15) is 0 Å². The van der Waals surface area contributed by atoms with E-state index in [0.29, 0.717) is 6.61 Å². The Morgan fingerprint density at radius 1 is 1.64 bits per heavy atom. The minimum Gasteiger partial charge on any atom is -0.562 e. The second-order valence-corrected chi connectivity index (χ2v) is 2.10. The third-order valence-electron chi connectivity index (χ3n) is 1.26. The van der Waals surface area contributed by atoms with Gasteiger partial charge in [0, 0.05) is 7.05 Å². The van der Waals surface area contributed by atoms with E-state index in [-0.39, 0.29) is 51.4 Å². The number of hydrogen-bond donors (Lipinski definition) is 0. The maximum absolute atomic E-state index is 5.28. The van der Waals surface area contributed by atoms with E-state index in [1.165, 1.54) is 0 Å². The molecule has 0 aliphatic rings. The first-order chi connectivity index (χ1) is 4.75. The largest absolute Gasteiger partial charge is 1.00 e. The number of ether oxygens (including phenoxy) is 1. The number of aryl methyl sites for hydroxylation is 2. The first-order valence-electron chi connectivity index (χ1n) is 3.29. The van der Waals surface area contributed by atoms with E-state index in [4.69, 9.17) is 4.74 Å². The van der Waals surface area contributed by atoms with Crippen LogP contribution in [-0.4, -0.2) is 16.4 Å². The molecule has 3 nitrogen and oxygen atoms in total. The van der Waals surface area contributed by atoms with Crippen molar-refractivity contribution < 1.29 is 56.1 Å². The molecule has 0 aliphatic carbocycles. The Balaban J connectivity index is 0.000001000. The van der Waals surface area contributed by atoms with Crippen molar-refractivity contribution in [1.82, 2.24) is 9.78 Å². The Morgan fingerprint density at radius 2 is 2.27 bits per heavy atom. The topological polar surface area (TPSA) is 27.1 Å². The van der Waals surface area contributed by atoms with Crippen molar-refractivity contribution in [2.45, 2.75) is 13.8 Å². The third-order valence-corrected chi connectivity index (χ3v) is 1.26. The average Bonchev–Trinajstić information content (AvgIpc) is 2.20. The van der Waals surface area contributed by atoms with Crippen molar-refractivity contribution in [3.05, 3.63) is 11.8 Å². The summed E-state index contributed by atoms with van der Waals surface area (Å²) in [5.41, 5.74) is 0.962. The molecule has 1 rings (SSSR count). The Bertz CT molecular complexity index is 203. The minimum atomic E-state index is 0. The van der Waals surface area contributed by atoms with E-state index in [1.54, 1.807) is 4.68 Å². The molecule has 1 heterocycles. The minimum absolute atomic E-state index is 0. The monoisotopic (exact) mass is 178 g/mol. The fourth-order valence-electron chi connectivity index (χ4n) is 0.824. The van der Waals surface area contributed by atoms with Crippen molar-refractivity contribution >= 4 is 0 Å². The van der Waals surface area contributed by atoms with Gasteiger partial charge in [-0.1, -0.05) is 6.92 Å². The predicted octanol–water partition coefficient (Wildman–Crippen LogP) is -2.07. The molecular weight excluding hydrogens is 167 g/mol. The molecule has 0 aliphatic heterocycles. The summed E-state index contributed by atoms with van der Waals surface area (Å²) in [5, 5.41) is 3.90. The molecule has 0 saturated heterocycles. The van der Waals surface area contributed by atoms with E-state index in [1.807, 2.05) is 20.9 Å². The van der Waals surface area contributed by atoms with Crippen LogP contribution >= 0.6 is 0 Å². The summed E-state index contributed by atoms with van der Waals surface area (Å²) >= 11 is 0. The molecule has 0 saturated carbocycles. The average molecular weight is 178 g/mol. The molecule has 0 unspecified atom stereocenters. The quantitative estimate of drug-likeness (QED) is 0.384. The molecule has 1 aromatic heterocycles. The van der Waals surface area contributed by atoms with Gasteiger partial charge in [0.2, 0.25) is 0 Å². The van der Waals surface area contributed by atoms with Crippen LogP contribution < -0.4 is 56.1 Å². The van der Waals surface area contributed by atoms with Crippen LogP contribution in [-0.2, 0) is 7.05 Å². The molecular formula is C7H11KN2O. The summed E-state index contributed by atoms with van der Waals surface area (Å²) in [4.78, 5) is 0. The van der Waals surface area contributed by atoms with Gasteiger partial charge < -0.3 is 14.5 Å². The molecule has 0 atom stereocenters. The molecule has 0 aromatic carbocycles. The Kier molecular flexibility index (Phi) is 5.63. The first kappa shape index (κ1) is 11.6. The Hall–Kier alpha value is 0.646. The van der Waals surface area contributed by atoms with Gasteiger partial charge in [0.05, 0.1) is 12.5 Å². The van der Waals surface area contributed by atoms with E-state index < -0.39 is 0 Å².